The highest BCUT2D eigenvalue weighted by Gasteiger charge is 2.24. The van der Waals surface area contributed by atoms with Crippen LogP contribution in [0.25, 0.3) is 5.65 Å². The average molecular weight is 326 g/mol. The molecule has 4 rings (SSSR count). The maximum Gasteiger partial charge on any atom is 0.200 e. The molecule has 4 heterocycles. The topological polar surface area (TPSA) is 94.2 Å². The van der Waals surface area contributed by atoms with Crippen molar-refractivity contribution in [3.05, 3.63) is 35.9 Å². The van der Waals surface area contributed by atoms with E-state index in [4.69, 9.17) is 4.74 Å². The van der Waals surface area contributed by atoms with Gasteiger partial charge < -0.3 is 9.64 Å². The Kier molecular flexibility index (Phi) is 3.99. The van der Waals surface area contributed by atoms with E-state index in [0.29, 0.717) is 18.2 Å². The fraction of sp³-hybridized carbons (Fsp3) is 0.467. The largest absolute Gasteiger partial charge is 0.377 e. The van der Waals surface area contributed by atoms with Gasteiger partial charge in [-0.3, -0.25) is 0 Å². The van der Waals surface area contributed by atoms with Gasteiger partial charge in [0.1, 0.15) is 6.61 Å². The van der Waals surface area contributed by atoms with Gasteiger partial charge in [0, 0.05) is 38.0 Å². The fourth-order valence-corrected chi connectivity index (χ4v) is 3.08. The fourth-order valence-electron chi connectivity index (χ4n) is 3.08. The van der Waals surface area contributed by atoms with E-state index in [1.807, 2.05) is 18.2 Å². The molecule has 124 valence electrons. The molecule has 1 aliphatic rings. The molecule has 3 aromatic rings. The highest BCUT2D eigenvalue weighted by atomic mass is 16.5. The van der Waals surface area contributed by atoms with Crippen LogP contribution in [0.3, 0.4) is 0 Å². The first-order valence-electron chi connectivity index (χ1n) is 7.94. The van der Waals surface area contributed by atoms with E-state index in [2.05, 4.69) is 35.5 Å². The van der Waals surface area contributed by atoms with Crippen molar-refractivity contribution in [2.24, 2.45) is 0 Å². The van der Waals surface area contributed by atoms with Crippen molar-refractivity contribution < 1.29 is 4.74 Å². The van der Waals surface area contributed by atoms with Crippen molar-refractivity contribution in [2.75, 3.05) is 25.1 Å². The van der Waals surface area contributed by atoms with E-state index in [0.717, 1.165) is 43.3 Å². The van der Waals surface area contributed by atoms with Crippen molar-refractivity contribution in [1.29, 1.82) is 0 Å². The Hall–Kier alpha value is -2.68. The van der Waals surface area contributed by atoms with E-state index in [9.17, 15) is 0 Å². The summed E-state index contributed by atoms with van der Waals surface area (Å²) in [7, 11) is 1.65. The number of piperidine rings is 1. The number of fused-ring (bicyclic) bond motifs is 1. The van der Waals surface area contributed by atoms with Crippen molar-refractivity contribution in [2.45, 2.75) is 25.4 Å². The number of rotatable bonds is 4. The molecule has 1 unspecified atom stereocenters. The van der Waals surface area contributed by atoms with Crippen LogP contribution in [-0.2, 0) is 11.3 Å². The Labute approximate surface area is 138 Å². The lowest BCUT2D eigenvalue weighted by Gasteiger charge is -2.33. The first-order chi connectivity index (χ1) is 11.8. The molecular weight excluding hydrogens is 308 g/mol. The smallest absolute Gasteiger partial charge is 0.200 e. The van der Waals surface area contributed by atoms with Crippen LogP contribution >= 0.6 is 0 Å². The standard InChI is InChI=1S/C15H18N8O/c1-24-10-13-16-7-6-12(17-13)11-3-2-8-22(9-11)15-5-4-14-18-20-21-23(14)19-15/h4-7,11H,2-3,8-10H2,1H3. The van der Waals surface area contributed by atoms with Crippen LogP contribution in [0.5, 0.6) is 0 Å². The molecule has 0 radical (unpaired) electrons. The normalized spacial score (nSPS) is 18.2. The number of anilines is 1. The lowest BCUT2D eigenvalue weighted by Crippen LogP contribution is -2.35. The Morgan fingerprint density at radius 2 is 2.25 bits per heavy atom. The number of hydrogen-bond acceptors (Lipinski definition) is 8. The summed E-state index contributed by atoms with van der Waals surface area (Å²) in [4.78, 5) is 11.1. The zero-order valence-corrected chi connectivity index (χ0v) is 13.4. The molecule has 9 nitrogen and oxygen atoms in total. The van der Waals surface area contributed by atoms with E-state index < -0.39 is 0 Å². The summed E-state index contributed by atoms with van der Waals surface area (Å²) >= 11 is 0. The minimum atomic E-state index is 0.351. The van der Waals surface area contributed by atoms with Crippen LogP contribution < -0.4 is 4.90 Å². The summed E-state index contributed by atoms with van der Waals surface area (Å²) in [5.74, 6) is 1.95. The van der Waals surface area contributed by atoms with E-state index in [1.165, 1.54) is 4.63 Å². The molecule has 3 aromatic heterocycles. The summed E-state index contributed by atoms with van der Waals surface area (Å²) in [5.41, 5.74) is 1.71. The molecule has 0 aromatic carbocycles. The molecule has 1 fully saturated rings. The second-order valence-electron chi connectivity index (χ2n) is 5.83. The minimum absolute atomic E-state index is 0.351. The predicted octanol–water partition coefficient (Wildman–Crippen LogP) is 0.840. The molecule has 0 saturated carbocycles. The minimum Gasteiger partial charge on any atom is -0.377 e. The maximum atomic E-state index is 5.13. The number of aromatic nitrogens is 7. The third-order valence-electron chi connectivity index (χ3n) is 4.22. The molecule has 24 heavy (non-hydrogen) atoms. The Bertz CT molecular complexity index is 835. The van der Waals surface area contributed by atoms with Crippen LogP contribution in [0.2, 0.25) is 0 Å². The van der Waals surface area contributed by atoms with Crippen molar-refractivity contribution in [1.82, 2.24) is 35.2 Å². The van der Waals surface area contributed by atoms with E-state index in [-0.39, 0.29) is 0 Å². The summed E-state index contributed by atoms with van der Waals surface area (Å²) in [6.45, 7) is 2.26. The highest BCUT2D eigenvalue weighted by Crippen LogP contribution is 2.28. The number of hydrogen-bond donors (Lipinski definition) is 0. The molecule has 0 aliphatic carbocycles. The third-order valence-corrected chi connectivity index (χ3v) is 4.22. The van der Waals surface area contributed by atoms with Gasteiger partial charge in [0.25, 0.3) is 0 Å². The van der Waals surface area contributed by atoms with Crippen LogP contribution in [0.4, 0.5) is 5.82 Å². The summed E-state index contributed by atoms with van der Waals surface area (Å²) < 4.78 is 6.59. The molecule has 9 heteroatoms. The zero-order valence-electron chi connectivity index (χ0n) is 13.4. The first-order valence-corrected chi connectivity index (χ1v) is 7.94. The second kappa shape index (κ2) is 6.44. The number of nitrogens with zero attached hydrogens (tertiary/aromatic N) is 8. The van der Waals surface area contributed by atoms with Gasteiger partial charge in [0.2, 0.25) is 0 Å². The van der Waals surface area contributed by atoms with E-state index in [1.54, 1.807) is 13.3 Å². The highest BCUT2D eigenvalue weighted by molar-refractivity contribution is 5.45. The number of methoxy groups -OCH3 is 1. The van der Waals surface area contributed by atoms with E-state index >= 15 is 0 Å². The van der Waals surface area contributed by atoms with Gasteiger partial charge in [0.15, 0.2) is 17.3 Å². The predicted molar refractivity (Wildman–Crippen MR) is 85.5 cm³/mol. The molecule has 0 spiro atoms. The van der Waals surface area contributed by atoms with Crippen LogP contribution in [0.15, 0.2) is 24.4 Å². The van der Waals surface area contributed by atoms with Crippen LogP contribution in [0.1, 0.15) is 30.3 Å². The van der Waals surface area contributed by atoms with Gasteiger partial charge in [0.05, 0.1) is 0 Å². The van der Waals surface area contributed by atoms with Gasteiger partial charge in [-0.05, 0) is 41.5 Å². The summed E-state index contributed by atoms with van der Waals surface area (Å²) in [6.07, 6.45) is 4.00. The number of tetrazole rings is 1. The Balaban J connectivity index is 1.55. The Morgan fingerprint density at radius 3 is 3.17 bits per heavy atom. The summed E-state index contributed by atoms with van der Waals surface area (Å²) in [5, 5.41) is 15.9. The monoisotopic (exact) mass is 326 g/mol. The molecule has 1 aliphatic heterocycles. The van der Waals surface area contributed by atoms with Crippen molar-refractivity contribution >= 4 is 11.5 Å². The SMILES string of the molecule is COCc1nccc(C2CCCN(c3ccc4nnnn4n3)C2)n1. The van der Waals surface area contributed by atoms with Gasteiger partial charge in [-0.1, -0.05) is 0 Å². The average Bonchev–Trinajstić information content (AvgIpc) is 3.10. The first kappa shape index (κ1) is 14.9. The second-order valence-corrected chi connectivity index (χ2v) is 5.83. The Morgan fingerprint density at radius 1 is 1.29 bits per heavy atom. The third kappa shape index (κ3) is 2.90. The van der Waals surface area contributed by atoms with Crippen molar-refractivity contribution in [3.8, 4) is 0 Å². The lowest BCUT2D eigenvalue weighted by molar-refractivity contribution is 0.177. The van der Waals surface area contributed by atoms with Crippen molar-refractivity contribution in [3.63, 3.8) is 0 Å². The maximum absolute atomic E-state index is 5.13. The quantitative estimate of drug-likeness (QED) is 0.696. The van der Waals surface area contributed by atoms with Gasteiger partial charge in [-0.2, -0.15) is 0 Å². The van der Waals surface area contributed by atoms with Gasteiger partial charge >= 0.3 is 0 Å². The number of ether oxygens (including phenoxy) is 1. The zero-order chi connectivity index (χ0) is 16.4. The van der Waals surface area contributed by atoms with Gasteiger partial charge in [-0.25, -0.2) is 9.97 Å². The summed E-state index contributed by atoms with van der Waals surface area (Å²) in [6, 6.07) is 5.84. The molecule has 0 N–H and O–H groups in total. The molecular formula is C15H18N8O. The van der Waals surface area contributed by atoms with Gasteiger partial charge in [-0.15, -0.1) is 14.8 Å². The molecule has 0 bridgehead atoms. The van der Waals surface area contributed by atoms with Crippen LogP contribution in [-0.4, -0.2) is 55.4 Å². The molecule has 1 saturated heterocycles. The molecule has 0 amide bonds. The lowest BCUT2D eigenvalue weighted by atomic mass is 9.94. The molecule has 1 atom stereocenters. The van der Waals surface area contributed by atoms with Crippen LogP contribution in [0, 0.1) is 0 Å².